The third-order valence-corrected chi connectivity index (χ3v) is 10.5. The van der Waals surface area contributed by atoms with E-state index in [1.165, 1.54) is 27.7 Å². The monoisotopic (exact) mass is 302 g/mol. The molecule has 8 heteroatoms. The lowest BCUT2D eigenvalue weighted by atomic mass is 10.1. The van der Waals surface area contributed by atoms with Crippen LogP contribution in [0.15, 0.2) is 0 Å². The molecule has 0 aliphatic carbocycles. The molecule has 0 saturated heterocycles. The maximum absolute atomic E-state index is 12.3. The van der Waals surface area contributed by atoms with Gasteiger partial charge in [0.25, 0.3) is 0 Å². The molecule has 0 aromatic heterocycles. The van der Waals surface area contributed by atoms with Gasteiger partial charge in [-0.15, -0.1) is 0 Å². The fourth-order valence-corrected chi connectivity index (χ4v) is 8.06. The highest BCUT2D eigenvalue weighted by molar-refractivity contribution is 7.77. The van der Waals surface area contributed by atoms with E-state index in [1.807, 2.05) is 0 Å². The minimum Gasteiger partial charge on any atom is -0.393 e. The zero-order valence-electron chi connectivity index (χ0n) is 11.4. The molecule has 4 N–H and O–H groups in total. The molecule has 0 rings (SSSR count). The van der Waals surface area contributed by atoms with Crippen LogP contribution in [0.3, 0.4) is 0 Å². The number of aliphatic hydroxyl groups excluding tert-OH is 1. The largest absolute Gasteiger partial charge is 0.393 e. The molecule has 0 aromatic carbocycles. The maximum Gasteiger partial charge on any atom is 0.218 e. The number of hydrogen-bond donors (Lipinski definition) is 4. The topological polar surface area (TPSA) is 115 Å². The van der Waals surface area contributed by atoms with Crippen molar-refractivity contribution in [3.8, 4) is 0 Å². The Morgan fingerprint density at radius 1 is 1.00 bits per heavy atom. The fourth-order valence-electron chi connectivity index (χ4n) is 1.68. The van der Waals surface area contributed by atoms with E-state index in [2.05, 4.69) is 0 Å². The van der Waals surface area contributed by atoms with E-state index in [-0.39, 0.29) is 0 Å². The van der Waals surface area contributed by atoms with Crippen LogP contribution in [0.4, 0.5) is 0 Å². The van der Waals surface area contributed by atoms with Crippen molar-refractivity contribution in [2.75, 3.05) is 6.61 Å². The average Bonchev–Trinajstić information content (AvgIpc) is 2.15. The molecule has 0 radical (unpaired) electrons. The molecule has 0 heterocycles. The Balaban J connectivity index is 5.93. The summed E-state index contributed by atoms with van der Waals surface area (Å²) in [5, 5.41) is 17.4. The quantitative estimate of drug-likeness (QED) is 0.551. The molecule has 0 aliphatic rings. The molecule has 3 atom stereocenters. The van der Waals surface area contributed by atoms with Crippen molar-refractivity contribution in [3.05, 3.63) is 0 Å². The van der Waals surface area contributed by atoms with Gasteiger partial charge in [-0.3, -0.25) is 9.13 Å². The van der Waals surface area contributed by atoms with Gasteiger partial charge in [0.05, 0.1) is 6.61 Å². The summed E-state index contributed by atoms with van der Waals surface area (Å²) in [5.41, 5.74) is -3.64. The third kappa shape index (κ3) is 3.44. The standard InChI is InChI=1S/C10H24O6P2/c1-7(2)17(13,14)9(10(5,12)6-11)18(15,16)8(3)4/h7-9,11-12H,6H2,1-5H3,(H,13,14)(H,15,16). The van der Waals surface area contributed by atoms with Crippen LogP contribution in [-0.2, 0) is 9.13 Å². The van der Waals surface area contributed by atoms with Crippen LogP contribution in [-0.4, -0.2) is 48.9 Å². The summed E-state index contributed by atoms with van der Waals surface area (Å²) in [7, 11) is -8.22. The summed E-state index contributed by atoms with van der Waals surface area (Å²) in [6, 6.07) is 0. The Morgan fingerprint density at radius 2 is 1.28 bits per heavy atom. The molecule has 110 valence electrons. The molecule has 3 unspecified atom stereocenters. The minimum absolute atomic E-state index is 0.778. The second-order valence-corrected chi connectivity index (χ2v) is 11.6. The van der Waals surface area contributed by atoms with Gasteiger partial charge in [-0.1, -0.05) is 27.7 Å². The van der Waals surface area contributed by atoms with Gasteiger partial charge in [-0.25, -0.2) is 0 Å². The highest BCUT2D eigenvalue weighted by atomic mass is 31.2. The van der Waals surface area contributed by atoms with Crippen LogP contribution in [0.5, 0.6) is 0 Å². The zero-order valence-corrected chi connectivity index (χ0v) is 13.2. The van der Waals surface area contributed by atoms with Crippen molar-refractivity contribution in [1.29, 1.82) is 0 Å². The normalized spacial score (nSPS) is 24.4. The van der Waals surface area contributed by atoms with Crippen molar-refractivity contribution in [2.24, 2.45) is 0 Å². The highest BCUT2D eigenvalue weighted by Gasteiger charge is 2.56. The average molecular weight is 302 g/mol. The Morgan fingerprint density at radius 3 is 1.44 bits per heavy atom. The van der Waals surface area contributed by atoms with E-state index in [0.29, 0.717) is 0 Å². The molecule has 0 amide bonds. The molecule has 0 bridgehead atoms. The molecular formula is C10H24O6P2. The molecule has 18 heavy (non-hydrogen) atoms. The van der Waals surface area contributed by atoms with Crippen molar-refractivity contribution in [1.82, 2.24) is 0 Å². The van der Waals surface area contributed by atoms with Crippen LogP contribution >= 0.6 is 14.7 Å². The number of hydrogen-bond acceptors (Lipinski definition) is 4. The minimum atomic E-state index is -4.11. The second-order valence-electron chi connectivity index (χ2n) is 5.42. The van der Waals surface area contributed by atoms with Crippen LogP contribution in [0.25, 0.3) is 0 Å². The molecule has 0 saturated carbocycles. The lowest BCUT2D eigenvalue weighted by Gasteiger charge is -2.39. The SMILES string of the molecule is CC(C)P(=O)(O)C(C(C)(O)CO)P(=O)(O)C(C)C. The van der Waals surface area contributed by atoms with Crippen molar-refractivity contribution >= 4 is 14.7 Å². The summed E-state index contributed by atoms with van der Waals surface area (Å²) in [4.78, 5) is 20.1. The van der Waals surface area contributed by atoms with E-state index < -0.39 is 43.7 Å². The molecule has 0 spiro atoms. The van der Waals surface area contributed by atoms with Crippen molar-refractivity contribution in [2.45, 2.75) is 56.9 Å². The first kappa shape index (κ1) is 18.3. The first-order valence-corrected chi connectivity index (χ1v) is 9.39. The smallest absolute Gasteiger partial charge is 0.218 e. The van der Waals surface area contributed by atoms with E-state index >= 15 is 0 Å². The van der Waals surface area contributed by atoms with Gasteiger partial charge < -0.3 is 20.0 Å². The summed E-state index contributed by atoms with van der Waals surface area (Å²) in [5.74, 6) is 0. The lowest BCUT2D eigenvalue weighted by Crippen LogP contribution is -2.44. The van der Waals surface area contributed by atoms with Crippen molar-refractivity contribution in [3.63, 3.8) is 0 Å². The van der Waals surface area contributed by atoms with Gasteiger partial charge in [-0.2, -0.15) is 0 Å². The predicted octanol–water partition coefficient (Wildman–Crippen LogP) is 1.41. The molecule has 0 aliphatic heterocycles. The Hall–Kier alpha value is 0.300. The third-order valence-electron chi connectivity index (χ3n) is 3.06. The summed E-state index contributed by atoms with van der Waals surface area (Å²) in [6.07, 6.45) is 0. The van der Waals surface area contributed by atoms with Gasteiger partial charge >= 0.3 is 0 Å². The predicted molar refractivity (Wildman–Crippen MR) is 71.4 cm³/mol. The van der Waals surface area contributed by atoms with Gasteiger partial charge in [-0.05, 0) is 6.92 Å². The summed E-state index contributed by atoms with van der Waals surface area (Å²) < 4.78 is 24.6. The Bertz CT molecular complexity index is 349. The molecule has 6 nitrogen and oxygen atoms in total. The second kappa shape index (κ2) is 5.74. The van der Waals surface area contributed by atoms with Crippen molar-refractivity contribution < 1.29 is 29.1 Å². The first-order chi connectivity index (χ1) is 7.81. The van der Waals surface area contributed by atoms with Crippen LogP contribution in [0.2, 0.25) is 0 Å². The summed E-state index contributed by atoms with van der Waals surface area (Å²) in [6.45, 7) is 6.03. The van der Waals surface area contributed by atoms with Gasteiger partial charge in [0.1, 0.15) is 11.0 Å². The Kier molecular flexibility index (Phi) is 5.83. The van der Waals surface area contributed by atoms with E-state index in [1.54, 1.807) is 0 Å². The molecular weight excluding hydrogens is 278 g/mol. The molecule has 0 fully saturated rings. The number of rotatable bonds is 6. The highest BCUT2D eigenvalue weighted by Crippen LogP contribution is 2.71. The van der Waals surface area contributed by atoms with Crippen LogP contribution in [0, 0.1) is 0 Å². The lowest BCUT2D eigenvalue weighted by molar-refractivity contribution is 0.00852. The Labute approximate surface area is 108 Å². The van der Waals surface area contributed by atoms with Gasteiger partial charge in [0, 0.05) is 11.3 Å². The first-order valence-electron chi connectivity index (χ1n) is 5.79. The van der Waals surface area contributed by atoms with Crippen LogP contribution in [0.1, 0.15) is 34.6 Å². The summed E-state index contributed by atoms with van der Waals surface area (Å²) >= 11 is 0. The van der Waals surface area contributed by atoms with Gasteiger partial charge in [0.2, 0.25) is 14.7 Å². The van der Waals surface area contributed by atoms with E-state index in [4.69, 9.17) is 5.11 Å². The van der Waals surface area contributed by atoms with E-state index in [0.717, 1.165) is 6.92 Å². The number of aliphatic hydroxyl groups is 2. The fraction of sp³-hybridized carbons (Fsp3) is 1.00. The van der Waals surface area contributed by atoms with Gasteiger partial charge in [0.15, 0.2) is 0 Å². The van der Waals surface area contributed by atoms with Crippen LogP contribution < -0.4 is 0 Å². The maximum atomic E-state index is 12.3. The van der Waals surface area contributed by atoms with E-state index in [9.17, 15) is 24.0 Å². The zero-order chi connectivity index (χ0) is 14.9. The molecule has 0 aromatic rings.